The minimum atomic E-state index is -0.631. The topological polar surface area (TPSA) is 82.6 Å². The van der Waals surface area contributed by atoms with E-state index < -0.39 is 6.09 Å². The normalized spacial score (nSPS) is 10.2. The van der Waals surface area contributed by atoms with E-state index in [9.17, 15) is 4.79 Å². The summed E-state index contributed by atoms with van der Waals surface area (Å²) >= 11 is 6.11. The average Bonchev–Trinajstić information content (AvgIpc) is 2.73. The minimum absolute atomic E-state index is 0.0968. The zero-order valence-corrected chi connectivity index (χ0v) is 16.1. The third-order valence-electron chi connectivity index (χ3n) is 3.90. The fourth-order valence-electron chi connectivity index (χ4n) is 2.54. The van der Waals surface area contributed by atoms with Crippen molar-refractivity contribution in [1.29, 1.82) is 0 Å². The second-order valence-corrected chi connectivity index (χ2v) is 6.12. The van der Waals surface area contributed by atoms with E-state index in [2.05, 4.69) is 15.3 Å². The Morgan fingerprint density at radius 1 is 1.04 bits per heavy atom. The summed E-state index contributed by atoms with van der Waals surface area (Å²) in [5.41, 5.74) is 3.03. The fourth-order valence-corrected chi connectivity index (χ4v) is 2.78. The number of benzene rings is 2. The second-order valence-electron chi connectivity index (χ2n) is 5.72. The fraction of sp³-hybridized carbons (Fsp3) is 0.150. The van der Waals surface area contributed by atoms with Crippen LogP contribution < -0.4 is 14.8 Å². The lowest BCUT2D eigenvalue weighted by Crippen LogP contribution is -2.14. The van der Waals surface area contributed by atoms with Crippen molar-refractivity contribution >= 4 is 23.4 Å². The van der Waals surface area contributed by atoms with Gasteiger partial charge in [-0.2, -0.15) is 0 Å². The number of rotatable bonds is 6. The number of anilines is 1. The Labute approximate surface area is 167 Å². The van der Waals surface area contributed by atoms with Crippen molar-refractivity contribution in [3.8, 4) is 22.6 Å². The van der Waals surface area contributed by atoms with E-state index in [0.29, 0.717) is 22.2 Å². The smallest absolute Gasteiger partial charge is 0.412 e. The molecule has 3 rings (SSSR count). The lowest BCUT2D eigenvalue weighted by Gasteiger charge is -2.13. The van der Waals surface area contributed by atoms with Crippen molar-refractivity contribution in [3.63, 3.8) is 0 Å². The lowest BCUT2D eigenvalue weighted by molar-refractivity contribution is 0.155. The predicted octanol–water partition coefficient (Wildman–Crippen LogP) is 4.56. The van der Waals surface area contributed by atoms with Crippen LogP contribution in [-0.2, 0) is 11.3 Å². The number of carbonyl (C=O) groups is 1. The summed E-state index contributed by atoms with van der Waals surface area (Å²) in [5.74, 6) is 0.850. The van der Waals surface area contributed by atoms with Gasteiger partial charge in [-0.3, -0.25) is 5.32 Å². The molecule has 0 aliphatic heterocycles. The molecule has 1 heterocycles. The van der Waals surface area contributed by atoms with Crippen LogP contribution in [0.4, 0.5) is 10.5 Å². The SMILES string of the molecule is COc1cc(OC)c(NC(=O)OCc2cccc(-c3cncnc3)c2)cc1Cl. The number of nitrogens with zero attached hydrogens (tertiary/aromatic N) is 2. The van der Waals surface area contributed by atoms with Crippen LogP contribution in [0.5, 0.6) is 11.5 Å². The van der Waals surface area contributed by atoms with E-state index in [1.807, 2.05) is 24.3 Å². The molecule has 0 aliphatic carbocycles. The Balaban J connectivity index is 1.66. The highest BCUT2D eigenvalue weighted by Crippen LogP contribution is 2.36. The summed E-state index contributed by atoms with van der Waals surface area (Å²) in [6.07, 6.45) is 4.28. The predicted molar refractivity (Wildman–Crippen MR) is 106 cm³/mol. The molecule has 144 valence electrons. The Hall–Kier alpha value is -3.32. The number of carbonyl (C=O) groups excluding carboxylic acids is 1. The molecule has 1 N–H and O–H groups in total. The van der Waals surface area contributed by atoms with Crippen LogP contribution in [0.3, 0.4) is 0 Å². The quantitative estimate of drug-likeness (QED) is 0.654. The summed E-state index contributed by atoms with van der Waals surface area (Å²) in [4.78, 5) is 20.2. The highest BCUT2D eigenvalue weighted by atomic mass is 35.5. The molecule has 2 aromatic carbocycles. The van der Waals surface area contributed by atoms with Gasteiger partial charge in [0.05, 0.1) is 24.9 Å². The molecule has 1 aromatic heterocycles. The number of ether oxygens (including phenoxy) is 3. The molecule has 0 atom stereocenters. The Morgan fingerprint density at radius 2 is 1.79 bits per heavy atom. The number of methoxy groups -OCH3 is 2. The molecule has 0 bridgehead atoms. The van der Waals surface area contributed by atoms with Crippen molar-refractivity contribution in [1.82, 2.24) is 9.97 Å². The van der Waals surface area contributed by atoms with E-state index in [-0.39, 0.29) is 6.61 Å². The molecule has 0 saturated heterocycles. The molecule has 3 aromatic rings. The van der Waals surface area contributed by atoms with Gasteiger partial charge in [-0.05, 0) is 23.3 Å². The second kappa shape index (κ2) is 9.05. The van der Waals surface area contributed by atoms with Gasteiger partial charge in [0.15, 0.2) is 0 Å². The monoisotopic (exact) mass is 399 g/mol. The van der Waals surface area contributed by atoms with Crippen molar-refractivity contribution < 1.29 is 19.0 Å². The number of aromatic nitrogens is 2. The Bertz CT molecular complexity index is 967. The summed E-state index contributed by atoms with van der Waals surface area (Å²) in [5, 5.41) is 2.97. The van der Waals surface area contributed by atoms with Gasteiger partial charge in [-0.15, -0.1) is 0 Å². The first kappa shape index (κ1) is 19.4. The summed E-state index contributed by atoms with van der Waals surface area (Å²) in [6, 6.07) is 10.7. The Morgan fingerprint density at radius 3 is 2.50 bits per heavy atom. The van der Waals surface area contributed by atoms with Gasteiger partial charge in [0, 0.05) is 24.0 Å². The van der Waals surface area contributed by atoms with Gasteiger partial charge in [0.25, 0.3) is 0 Å². The van der Waals surface area contributed by atoms with Gasteiger partial charge in [0.1, 0.15) is 24.4 Å². The number of hydrogen-bond acceptors (Lipinski definition) is 6. The van der Waals surface area contributed by atoms with Crippen molar-refractivity contribution in [2.75, 3.05) is 19.5 Å². The molecule has 28 heavy (non-hydrogen) atoms. The van der Waals surface area contributed by atoms with E-state index >= 15 is 0 Å². The molecule has 7 nitrogen and oxygen atoms in total. The minimum Gasteiger partial charge on any atom is -0.495 e. The first-order valence-corrected chi connectivity index (χ1v) is 8.68. The molecule has 1 amide bonds. The molecule has 8 heteroatoms. The van der Waals surface area contributed by atoms with Crippen LogP contribution in [0.15, 0.2) is 55.1 Å². The van der Waals surface area contributed by atoms with E-state index in [4.69, 9.17) is 25.8 Å². The number of halogens is 1. The van der Waals surface area contributed by atoms with Gasteiger partial charge < -0.3 is 14.2 Å². The molecule has 0 spiro atoms. The first-order valence-electron chi connectivity index (χ1n) is 8.30. The van der Waals surface area contributed by atoms with Crippen molar-refractivity contribution in [2.24, 2.45) is 0 Å². The lowest BCUT2D eigenvalue weighted by atomic mass is 10.1. The zero-order chi connectivity index (χ0) is 19.9. The summed E-state index contributed by atoms with van der Waals surface area (Å²) in [6.45, 7) is 0.0968. The van der Waals surface area contributed by atoms with E-state index in [1.165, 1.54) is 26.6 Å². The van der Waals surface area contributed by atoms with Crippen LogP contribution >= 0.6 is 11.6 Å². The van der Waals surface area contributed by atoms with Crippen molar-refractivity contribution in [3.05, 3.63) is 65.7 Å². The molecule has 0 saturated carbocycles. The Kier molecular flexibility index (Phi) is 6.29. The first-order chi connectivity index (χ1) is 13.6. The largest absolute Gasteiger partial charge is 0.495 e. The number of amides is 1. The highest BCUT2D eigenvalue weighted by molar-refractivity contribution is 6.32. The van der Waals surface area contributed by atoms with Crippen LogP contribution in [0.2, 0.25) is 5.02 Å². The number of hydrogen-bond donors (Lipinski definition) is 1. The zero-order valence-electron chi connectivity index (χ0n) is 15.3. The summed E-state index contributed by atoms with van der Waals surface area (Å²) < 4.78 is 15.7. The maximum absolute atomic E-state index is 12.2. The van der Waals surface area contributed by atoms with Crippen LogP contribution in [0.1, 0.15) is 5.56 Å². The van der Waals surface area contributed by atoms with Gasteiger partial charge in [0.2, 0.25) is 0 Å². The van der Waals surface area contributed by atoms with Crippen LogP contribution in [-0.4, -0.2) is 30.3 Å². The van der Waals surface area contributed by atoms with Gasteiger partial charge >= 0.3 is 6.09 Å². The number of nitrogens with one attached hydrogen (secondary N) is 1. The maximum atomic E-state index is 12.2. The standard InChI is InChI=1S/C20H18ClN3O4/c1-26-18-8-19(27-2)17(7-16(18)21)24-20(25)28-11-13-4-3-5-14(6-13)15-9-22-12-23-10-15/h3-10,12H,11H2,1-2H3,(H,24,25). The summed E-state index contributed by atoms with van der Waals surface area (Å²) in [7, 11) is 2.98. The molecule has 0 unspecified atom stereocenters. The highest BCUT2D eigenvalue weighted by Gasteiger charge is 2.13. The van der Waals surface area contributed by atoms with Gasteiger partial charge in [-0.25, -0.2) is 14.8 Å². The third-order valence-corrected chi connectivity index (χ3v) is 4.20. The van der Waals surface area contributed by atoms with Crippen molar-refractivity contribution in [2.45, 2.75) is 6.61 Å². The van der Waals surface area contributed by atoms with E-state index in [0.717, 1.165) is 16.7 Å². The van der Waals surface area contributed by atoms with Crippen LogP contribution in [0.25, 0.3) is 11.1 Å². The molecular formula is C20H18ClN3O4. The molecule has 0 fully saturated rings. The van der Waals surface area contributed by atoms with Gasteiger partial charge in [-0.1, -0.05) is 29.8 Å². The third kappa shape index (κ3) is 4.69. The maximum Gasteiger partial charge on any atom is 0.412 e. The average molecular weight is 400 g/mol. The molecule has 0 radical (unpaired) electrons. The molecule has 0 aliphatic rings. The van der Waals surface area contributed by atoms with E-state index in [1.54, 1.807) is 18.5 Å². The molecular weight excluding hydrogens is 382 g/mol. The van der Waals surface area contributed by atoms with Crippen LogP contribution in [0, 0.1) is 0 Å².